The van der Waals surface area contributed by atoms with Crippen molar-refractivity contribution in [1.82, 2.24) is 9.55 Å². The standard InChI is InChI=1S/C12H13BrFN3/c1-2-17-7-6-16-12(17)11(15)8-4-3-5-9(13)10(8)14/h3-7,11H,2,15H2,1H3. The largest absolute Gasteiger partial charge is 0.334 e. The number of hydrogen-bond acceptors (Lipinski definition) is 2. The van der Waals surface area contributed by atoms with Crippen molar-refractivity contribution >= 4 is 15.9 Å². The molecule has 0 saturated heterocycles. The highest BCUT2D eigenvalue weighted by atomic mass is 79.9. The Labute approximate surface area is 108 Å². The van der Waals surface area contributed by atoms with Gasteiger partial charge in [0.05, 0.1) is 10.5 Å². The van der Waals surface area contributed by atoms with Gasteiger partial charge in [-0.25, -0.2) is 9.37 Å². The fraction of sp³-hybridized carbons (Fsp3) is 0.250. The maximum Gasteiger partial charge on any atom is 0.142 e. The number of rotatable bonds is 3. The first-order valence-electron chi connectivity index (χ1n) is 5.35. The minimum absolute atomic E-state index is 0.328. The van der Waals surface area contributed by atoms with Gasteiger partial charge in [0.1, 0.15) is 11.6 Å². The molecule has 2 N–H and O–H groups in total. The molecule has 0 radical (unpaired) electrons. The number of aromatic nitrogens is 2. The van der Waals surface area contributed by atoms with Crippen molar-refractivity contribution in [2.24, 2.45) is 5.73 Å². The van der Waals surface area contributed by atoms with E-state index in [-0.39, 0.29) is 5.82 Å². The van der Waals surface area contributed by atoms with Crippen LogP contribution < -0.4 is 5.73 Å². The minimum Gasteiger partial charge on any atom is -0.334 e. The van der Waals surface area contributed by atoms with Crippen molar-refractivity contribution in [3.8, 4) is 0 Å². The molecule has 2 aromatic rings. The molecular formula is C12H13BrFN3. The summed E-state index contributed by atoms with van der Waals surface area (Å²) in [6.45, 7) is 2.76. The van der Waals surface area contributed by atoms with E-state index >= 15 is 0 Å². The van der Waals surface area contributed by atoms with E-state index in [1.807, 2.05) is 17.7 Å². The van der Waals surface area contributed by atoms with Crippen LogP contribution in [0.1, 0.15) is 24.4 Å². The number of hydrogen-bond donors (Lipinski definition) is 1. The van der Waals surface area contributed by atoms with Crippen LogP contribution in [0.5, 0.6) is 0 Å². The van der Waals surface area contributed by atoms with Crippen molar-refractivity contribution in [3.63, 3.8) is 0 Å². The summed E-state index contributed by atoms with van der Waals surface area (Å²) in [5.41, 5.74) is 6.51. The molecule has 17 heavy (non-hydrogen) atoms. The summed E-state index contributed by atoms with van der Waals surface area (Å²) in [7, 11) is 0. The van der Waals surface area contributed by atoms with E-state index < -0.39 is 6.04 Å². The molecule has 0 spiro atoms. The van der Waals surface area contributed by atoms with E-state index in [0.29, 0.717) is 15.9 Å². The summed E-state index contributed by atoms with van der Waals surface area (Å²) in [5, 5.41) is 0. The van der Waals surface area contributed by atoms with Crippen molar-refractivity contribution in [1.29, 1.82) is 0 Å². The van der Waals surface area contributed by atoms with Gasteiger partial charge >= 0.3 is 0 Å². The zero-order valence-corrected chi connectivity index (χ0v) is 11.0. The lowest BCUT2D eigenvalue weighted by Gasteiger charge is -2.14. The van der Waals surface area contributed by atoms with Gasteiger partial charge in [0.15, 0.2) is 0 Å². The van der Waals surface area contributed by atoms with Crippen molar-refractivity contribution in [2.75, 3.05) is 0 Å². The molecule has 2 rings (SSSR count). The Kier molecular flexibility index (Phi) is 3.59. The summed E-state index contributed by atoms with van der Waals surface area (Å²) in [6.07, 6.45) is 3.51. The zero-order valence-electron chi connectivity index (χ0n) is 9.40. The third-order valence-electron chi connectivity index (χ3n) is 2.68. The van der Waals surface area contributed by atoms with Crippen molar-refractivity contribution in [3.05, 3.63) is 52.3 Å². The van der Waals surface area contributed by atoms with Gasteiger partial charge in [-0.05, 0) is 28.9 Å². The van der Waals surface area contributed by atoms with Crippen LogP contribution in [-0.4, -0.2) is 9.55 Å². The molecule has 0 aliphatic carbocycles. The molecular weight excluding hydrogens is 285 g/mol. The number of aryl methyl sites for hydroxylation is 1. The lowest BCUT2D eigenvalue weighted by atomic mass is 10.1. The Balaban J connectivity index is 2.44. The highest BCUT2D eigenvalue weighted by Gasteiger charge is 2.18. The lowest BCUT2D eigenvalue weighted by Crippen LogP contribution is -2.18. The molecule has 0 aliphatic rings. The molecule has 0 saturated carbocycles. The van der Waals surface area contributed by atoms with Crippen LogP contribution in [0.25, 0.3) is 0 Å². The van der Waals surface area contributed by atoms with Gasteiger partial charge < -0.3 is 10.3 Å². The summed E-state index contributed by atoms with van der Waals surface area (Å²) in [6, 6.07) is 4.54. The smallest absolute Gasteiger partial charge is 0.142 e. The number of nitrogens with two attached hydrogens (primary N) is 1. The summed E-state index contributed by atoms with van der Waals surface area (Å²) < 4.78 is 16.2. The highest BCUT2D eigenvalue weighted by Crippen LogP contribution is 2.25. The number of benzene rings is 1. The monoisotopic (exact) mass is 297 g/mol. The molecule has 1 atom stereocenters. The first kappa shape index (κ1) is 12.3. The number of nitrogens with zero attached hydrogens (tertiary/aromatic N) is 2. The van der Waals surface area contributed by atoms with Gasteiger partial charge in [-0.1, -0.05) is 12.1 Å². The summed E-state index contributed by atoms with van der Waals surface area (Å²) in [5.74, 6) is 0.343. The molecule has 1 unspecified atom stereocenters. The van der Waals surface area contributed by atoms with E-state index in [4.69, 9.17) is 5.73 Å². The quantitative estimate of drug-likeness (QED) is 0.947. The molecule has 1 aromatic heterocycles. The Morgan fingerprint density at radius 3 is 3.00 bits per heavy atom. The summed E-state index contributed by atoms with van der Waals surface area (Å²) in [4.78, 5) is 4.19. The maximum absolute atomic E-state index is 13.9. The third-order valence-corrected chi connectivity index (χ3v) is 3.30. The van der Waals surface area contributed by atoms with E-state index in [0.717, 1.165) is 6.54 Å². The Morgan fingerprint density at radius 2 is 2.29 bits per heavy atom. The molecule has 1 aromatic carbocycles. The number of halogens is 2. The fourth-order valence-corrected chi connectivity index (χ4v) is 2.15. The normalized spacial score (nSPS) is 12.7. The molecule has 90 valence electrons. The SMILES string of the molecule is CCn1ccnc1C(N)c1cccc(Br)c1F. The molecule has 3 nitrogen and oxygen atoms in total. The Bertz CT molecular complexity index is 524. The first-order valence-corrected chi connectivity index (χ1v) is 6.15. The van der Waals surface area contributed by atoms with Gasteiger partial charge in [-0.3, -0.25) is 0 Å². The topological polar surface area (TPSA) is 43.8 Å². The number of imidazole rings is 1. The van der Waals surface area contributed by atoms with Gasteiger partial charge in [0.25, 0.3) is 0 Å². The average Bonchev–Trinajstić information content (AvgIpc) is 2.80. The molecule has 0 fully saturated rings. The van der Waals surface area contributed by atoms with E-state index in [1.54, 1.807) is 24.4 Å². The van der Waals surface area contributed by atoms with Crippen LogP contribution in [0.2, 0.25) is 0 Å². The van der Waals surface area contributed by atoms with Gasteiger partial charge in [-0.2, -0.15) is 0 Å². The average molecular weight is 298 g/mol. The molecule has 0 bridgehead atoms. The van der Waals surface area contributed by atoms with Crippen LogP contribution in [-0.2, 0) is 6.54 Å². The lowest BCUT2D eigenvalue weighted by molar-refractivity contribution is 0.576. The van der Waals surface area contributed by atoms with Crippen LogP contribution in [0.3, 0.4) is 0 Å². The van der Waals surface area contributed by atoms with Crippen LogP contribution in [0.15, 0.2) is 35.1 Å². The molecule has 0 aliphatic heterocycles. The van der Waals surface area contributed by atoms with Gasteiger partial charge in [0.2, 0.25) is 0 Å². The van der Waals surface area contributed by atoms with Crippen LogP contribution >= 0.6 is 15.9 Å². The van der Waals surface area contributed by atoms with E-state index in [1.165, 1.54) is 0 Å². The van der Waals surface area contributed by atoms with Gasteiger partial charge in [0, 0.05) is 24.5 Å². The van der Waals surface area contributed by atoms with Crippen molar-refractivity contribution < 1.29 is 4.39 Å². The second-order valence-corrected chi connectivity index (χ2v) is 4.55. The fourth-order valence-electron chi connectivity index (χ4n) is 1.77. The Hall–Kier alpha value is -1.20. The zero-order chi connectivity index (χ0) is 12.4. The summed E-state index contributed by atoms with van der Waals surface area (Å²) >= 11 is 3.16. The molecule has 0 amide bonds. The van der Waals surface area contributed by atoms with E-state index in [2.05, 4.69) is 20.9 Å². The predicted molar refractivity (Wildman–Crippen MR) is 68.0 cm³/mol. The third kappa shape index (κ3) is 2.25. The van der Waals surface area contributed by atoms with Crippen LogP contribution in [0, 0.1) is 5.82 Å². The maximum atomic E-state index is 13.9. The van der Waals surface area contributed by atoms with Crippen molar-refractivity contribution in [2.45, 2.75) is 19.5 Å². The van der Waals surface area contributed by atoms with E-state index in [9.17, 15) is 4.39 Å². The second-order valence-electron chi connectivity index (χ2n) is 3.69. The molecule has 1 heterocycles. The molecule has 5 heteroatoms. The first-order chi connectivity index (χ1) is 8.15. The van der Waals surface area contributed by atoms with Gasteiger partial charge in [-0.15, -0.1) is 0 Å². The highest BCUT2D eigenvalue weighted by molar-refractivity contribution is 9.10. The van der Waals surface area contributed by atoms with Crippen LogP contribution in [0.4, 0.5) is 4.39 Å². The minimum atomic E-state index is -0.553. The Morgan fingerprint density at radius 1 is 1.53 bits per heavy atom. The second kappa shape index (κ2) is 4.98. The predicted octanol–water partition coefficient (Wildman–Crippen LogP) is 2.85.